The van der Waals surface area contributed by atoms with Crippen LogP contribution in [0.5, 0.6) is 5.75 Å². The van der Waals surface area contributed by atoms with Gasteiger partial charge in [0.05, 0.1) is 7.11 Å². The molecule has 0 bridgehead atoms. The third kappa shape index (κ3) is 2.97. The number of esters is 2. The summed E-state index contributed by atoms with van der Waals surface area (Å²) in [6, 6.07) is 3.38. The molecule has 4 nitrogen and oxygen atoms in total. The Morgan fingerprint density at radius 2 is 2.06 bits per heavy atom. The number of aryl methyl sites for hydroxylation is 1. The SMILES string of the molecule is C=CCc1c(C)ccc(C(=O)OC)c1OC(C)=O. The number of allylic oxidation sites excluding steroid dienone is 1. The van der Waals surface area contributed by atoms with Crippen LogP contribution in [0, 0.1) is 6.92 Å². The molecule has 0 saturated heterocycles. The number of benzene rings is 1. The molecule has 0 aromatic heterocycles. The van der Waals surface area contributed by atoms with E-state index in [-0.39, 0.29) is 11.3 Å². The molecule has 1 aromatic rings. The maximum atomic E-state index is 11.6. The van der Waals surface area contributed by atoms with Gasteiger partial charge in [-0.1, -0.05) is 12.1 Å². The minimum Gasteiger partial charge on any atom is -0.465 e. The molecule has 0 aliphatic carbocycles. The van der Waals surface area contributed by atoms with E-state index in [1.807, 2.05) is 6.92 Å². The van der Waals surface area contributed by atoms with Gasteiger partial charge in [-0.25, -0.2) is 4.79 Å². The van der Waals surface area contributed by atoms with Gasteiger partial charge in [0.1, 0.15) is 11.3 Å². The van der Waals surface area contributed by atoms with E-state index in [0.29, 0.717) is 6.42 Å². The van der Waals surface area contributed by atoms with Gasteiger partial charge in [0.25, 0.3) is 0 Å². The summed E-state index contributed by atoms with van der Waals surface area (Å²) in [6.45, 7) is 6.83. The average molecular weight is 248 g/mol. The van der Waals surface area contributed by atoms with Crippen molar-refractivity contribution in [3.05, 3.63) is 41.5 Å². The van der Waals surface area contributed by atoms with Crippen LogP contribution in [0.4, 0.5) is 0 Å². The summed E-state index contributed by atoms with van der Waals surface area (Å²) in [5.41, 5.74) is 1.94. The molecule has 0 unspecified atom stereocenters. The number of methoxy groups -OCH3 is 1. The normalized spacial score (nSPS) is 9.72. The first-order valence-electron chi connectivity index (χ1n) is 5.51. The second-order valence-corrected chi connectivity index (χ2v) is 3.82. The molecular formula is C14H16O4. The molecule has 1 aromatic carbocycles. The van der Waals surface area contributed by atoms with Crippen LogP contribution in [-0.4, -0.2) is 19.0 Å². The van der Waals surface area contributed by atoms with Gasteiger partial charge in [-0.15, -0.1) is 6.58 Å². The highest BCUT2D eigenvalue weighted by atomic mass is 16.5. The van der Waals surface area contributed by atoms with Gasteiger partial charge < -0.3 is 9.47 Å². The molecular weight excluding hydrogens is 232 g/mol. The molecule has 1 rings (SSSR count). The number of ether oxygens (including phenoxy) is 2. The molecule has 0 atom stereocenters. The fraction of sp³-hybridized carbons (Fsp3) is 0.286. The fourth-order valence-corrected chi connectivity index (χ4v) is 1.66. The van der Waals surface area contributed by atoms with Gasteiger partial charge in [0.15, 0.2) is 0 Å². The molecule has 0 saturated carbocycles. The predicted octanol–water partition coefficient (Wildman–Crippen LogP) is 2.44. The van der Waals surface area contributed by atoms with E-state index in [9.17, 15) is 9.59 Å². The Bertz CT molecular complexity index is 489. The standard InChI is InChI=1S/C14H16O4/c1-5-6-11-9(2)7-8-12(14(16)17-4)13(11)18-10(3)15/h5,7-8H,1,6H2,2-4H3. The predicted molar refractivity (Wildman–Crippen MR) is 67.7 cm³/mol. The molecule has 0 aliphatic rings. The van der Waals surface area contributed by atoms with Crippen LogP contribution >= 0.6 is 0 Å². The van der Waals surface area contributed by atoms with Crippen LogP contribution in [0.2, 0.25) is 0 Å². The largest absolute Gasteiger partial charge is 0.465 e. The molecule has 0 spiro atoms. The quantitative estimate of drug-likeness (QED) is 0.466. The molecule has 96 valence electrons. The first-order valence-corrected chi connectivity index (χ1v) is 5.51. The van der Waals surface area contributed by atoms with Crippen molar-refractivity contribution < 1.29 is 19.1 Å². The number of hydrogen-bond donors (Lipinski definition) is 0. The maximum absolute atomic E-state index is 11.6. The van der Waals surface area contributed by atoms with Crippen molar-refractivity contribution in [2.24, 2.45) is 0 Å². The van der Waals surface area contributed by atoms with Crippen molar-refractivity contribution in [1.82, 2.24) is 0 Å². The Kier molecular flexibility index (Phi) is 4.66. The van der Waals surface area contributed by atoms with Crippen LogP contribution in [0.15, 0.2) is 24.8 Å². The highest BCUT2D eigenvalue weighted by Crippen LogP contribution is 2.29. The Morgan fingerprint density at radius 1 is 1.39 bits per heavy atom. The summed E-state index contributed by atoms with van der Waals surface area (Å²) in [5, 5.41) is 0. The Morgan fingerprint density at radius 3 is 2.56 bits per heavy atom. The van der Waals surface area contributed by atoms with E-state index in [2.05, 4.69) is 11.3 Å². The first-order chi connectivity index (χ1) is 8.51. The Balaban J connectivity index is 3.42. The minimum atomic E-state index is -0.531. The number of hydrogen-bond acceptors (Lipinski definition) is 4. The van der Waals surface area contributed by atoms with Gasteiger partial charge in [-0.05, 0) is 25.0 Å². The van der Waals surface area contributed by atoms with Crippen molar-refractivity contribution in [3.8, 4) is 5.75 Å². The van der Waals surface area contributed by atoms with Crippen molar-refractivity contribution in [1.29, 1.82) is 0 Å². The molecule has 4 heteroatoms. The Labute approximate surface area is 106 Å². The number of rotatable bonds is 4. The van der Waals surface area contributed by atoms with Crippen LogP contribution in [0.3, 0.4) is 0 Å². The lowest BCUT2D eigenvalue weighted by molar-refractivity contribution is -0.131. The molecule has 0 amide bonds. The number of carbonyl (C=O) groups is 2. The van der Waals surface area contributed by atoms with Crippen molar-refractivity contribution in [3.63, 3.8) is 0 Å². The van der Waals surface area contributed by atoms with Gasteiger partial charge in [0.2, 0.25) is 0 Å². The topological polar surface area (TPSA) is 52.6 Å². The van der Waals surface area contributed by atoms with Gasteiger partial charge in [-0.3, -0.25) is 4.79 Å². The molecule has 0 aliphatic heterocycles. The zero-order chi connectivity index (χ0) is 13.7. The summed E-state index contributed by atoms with van der Waals surface area (Å²) in [4.78, 5) is 22.8. The van der Waals surface area contributed by atoms with Gasteiger partial charge >= 0.3 is 11.9 Å². The van der Waals surface area contributed by atoms with E-state index in [4.69, 9.17) is 4.74 Å². The third-order valence-corrected chi connectivity index (χ3v) is 2.49. The van der Waals surface area contributed by atoms with Crippen LogP contribution < -0.4 is 4.74 Å². The zero-order valence-electron chi connectivity index (χ0n) is 10.8. The average Bonchev–Trinajstić information content (AvgIpc) is 2.32. The lowest BCUT2D eigenvalue weighted by atomic mass is 10.0. The molecule has 0 radical (unpaired) electrons. The number of carbonyl (C=O) groups excluding carboxylic acids is 2. The second-order valence-electron chi connectivity index (χ2n) is 3.82. The Hall–Kier alpha value is -2.10. The lowest BCUT2D eigenvalue weighted by Crippen LogP contribution is -2.12. The monoisotopic (exact) mass is 248 g/mol. The molecule has 0 fully saturated rings. The van der Waals surface area contributed by atoms with Crippen molar-refractivity contribution >= 4 is 11.9 Å². The summed E-state index contributed by atoms with van der Waals surface area (Å²) in [6.07, 6.45) is 2.20. The first kappa shape index (κ1) is 14.0. The van der Waals surface area contributed by atoms with E-state index in [1.165, 1.54) is 14.0 Å². The van der Waals surface area contributed by atoms with E-state index in [1.54, 1.807) is 18.2 Å². The smallest absolute Gasteiger partial charge is 0.341 e. The van der Waals surface area contributed by atoms with Gasteiger partial charge in [-0.2, -0.15) is 0 Å². The maximum Gasteiger partial charge on any atom is 0.341 e. The van der Waals surface area contributed by atoms with Gasteiger partial charge in [0, 0.05) is 12.5 Å². The van der Waals surface area contributed by atoms with E-state index < -0.39 is 11.9 Å². The van der Waals surface area contributed by atoms with Crippen LogP contribution in [0.1, 0.15) is 28.4 Å². The third-order valence-electron chi connectivity index (χ3n) is 2.49. The second kappa shape index (κ2) is 6.00. The summed E-state index contributed by atoms with van der Waals surface area (Å²) < 4.78 is 9.82. The van der Waals surface area contributed by atoms with Crippen molar-refractivity contribution in [2.75, 3.05) is 7.11 Å². The summed E-state index contributed by atoms with van der Waals surface area (Å²) in [7, 11) is 1.28. The van der Waals surface area contributed by atoms with E-state index >= 15 is 0 Å². The lowest BCUT2D eigenvalue weighted by Gasteiger charge is -2.14. The zero-order valence-corrected chi connectivity index (χ0v) is 10.8. The molecule has 18 heavy (non-hydrogen) atoms. The minimum absolute atomic E-state index is 0.246. The fourth-order valence-electron chi connectivity index (χ4n) is 1.66. The molecule has 0 N–H and O–H groups in total. The van der Waals surface area contributed by atoms with Crippen LogP contribution in [0.25, 0.3) is 0 Å². The van der Waals surface area contributed by atoms with Crippen LogP contribution in [-0.2, 0) is 16.0 Å². The molecule has 0 heterocycles. The highest BCUT2D eigenvalue weighted by molar-refractivity contribution is 5.94. The van der Waals surface area contributed by atoms with E-state index in [0.717, 1.165) is 11.1 Å². The summed E-state index contributed by atoms with van der Waals surface area (Å²) in [5.74, 6) is -0.748. The highest BCUT2D eigenvalue weighted by Gasteiger charge is 2.19. The van der Waals surface area contributed by atoms with Crippen molar-refractivity contribution in [2.45, 2.75) is 20.3 Å². The summed E-state index contributed by atoms with van der Waals surface area (Å²) >= 11 is 0.